The minimum Gasteiger partial charge on any atom is -0.482 e. The molecule has 1 aromatic heterocycles. The Morgan fingerprint density at radius 1 is 1.28 bits per heavy atom. The van der Waals surface area contributed by atoms with Crippen molar-refractivity contribution in [3.63, 3.8) is 0 Å². The van der Waals surface area contributed by atoms with Gasteiger partial charge < -0.3 is 14.7 Å². The minimum absolute atomic E-state index is 0.0335. The van der Waals surface area contributed by atoms with E-state index in [1.807, 2.05) is 18.0 Å². The zero-order chi connectivity index (χ0) is 17.8. The second-order valence-corrected chi connectivity index (χ2v) is 6.16. The number of ether oxygens (including phenoxy) is 1. The number of benzene rings is 1. The highest BCUT2D eigenvalue weighted by atomic mass is 16.5. The molecule has 1 N–H and O–H groups in total. The molecule has 1 fully saturated rings. The Morgan fingerprint density at radius 3 is 2.72 bits per heavy atom. The number of carbonyl (C=O) groups excluding carboxylic acids is 1. The Hall–Kier alpha value is -2.89. The quantitative estimate of drug-likeness (QED) is 0.905. The lowest BCUT2D eigenvalue weighted by atomic mass is 10.0. The van der Waals surface area contributed by atoms with E-state index in [0.717, 1.165) is 24.0 Å². The molecule has 1 amide bonds. The van der Waals surface area contributed by atoms with E-state index in [1.165, 1.54) is 0 Å². The van der Waals surface area contributed by atoms with Gasteiger partial charge in [0.2, 0.25) is 0 Å². The second kappa shape index (κ2) is 7.34. The van der Waals surface area contributed by atoms with Crippen LogP contribution in [0.5, 0.6) is 5.75 Å². The summed E-state index contributed by atoms with van der Waals surface area (Å²) in [5.74, 6) is -0.638. The molecule has 1 saturated heterocycles. The minimum atomic E-state index is -1.04. The standard InChI is InChI=1S/C19H20N2O4/c1-13-9-15(11-20-10-13)17-3-2-8-21(17)19(24)14-4-6-16(7-5-14)25-12-18(22)23/h4-7,9-11,17H,2-3,8,12H2,1H3,(H,22,23). The third-order valence-corrected chi connectivity index (χ3v) is 4.26. The molecule has 2 aromatic rings. The fraction of sp³-hybridized carbons (Fsp3) is 0.316. The molecule has 6 nitrogen and oxygen atoms in total. The molecule has 1 aliphatic rings. The van der Waals surface area contributed by atoms with Crippen molar-refractivity contribution >= 4 is 11.9 Å². The summed E-state index contributed by atoms with van der Waals surface area (Å²) in [5.41, 5.74) is 2.71. The van der Waals surface area contributed by atoms with Gasteiger partial charge in [0.25, 0.3) is 5.91 Å². The molecular weight excluding hydrogens is 320 g/mol. The van der Waals surface area contributed by atoms with E-state index in [4.69, 9.17) is 9.84 Å². The molecule has 0 bridgehead atoms. The summed E-state index contributed by atoms with van der Waals surface area (Å²) in [6.07, 6.45) is 5.52. The zero-order valence-corrected chi connectivity index (χ0v) is 14.0. The number of hydrogen-bond acceptors (Lipinski definition) is 4. The Kier molecular flexibility index (Phi) is 4.97. The number of aromatic nitrogens is 1. The summed E-state index contributed by atoms with van der Waals surface area (Å²) in [6, 6.07) is 8.70. The number of aryl methyl sites for hydroxylation is 1. The highest BCUT2D eigenvalue weighted by molar-refractivity contribution is 5.94. The van der Waals surface area contributed by atoms with Gasteiger partial charge in [-0.1, -0.05) is 6.07 Å². The smallest absolute Gasteiger partial charge is 0.341 e. The highest BCUT2D eigenvalue weighted by Gasteiger charge is 2.30. The predicted molar refractivity (Wildman–Crippen MR) is 91.6 cm³/mol. The molecule has 0 spiro atoms. The Balaban J connectivity index is 1.74. The van der Waals surface area contributed by atoms with Gasteiger partial charge >= 0.3 is 5.97 Å². The number of carbonyl (C=O) groups is 2. The lowest BCUT2D eigenvalue weighted by Crippen LogP contribution is -2.30. The van der Waals surface area contributed by atoms with Crippen molar-refractivity contribution in [2.75, 3.05) is 13.2 Å². The van der Waals surface area contributed by atoms with Crippen LogP contribution in [-0.2, 0) is 4.79 Å². The lowest BCUT2D eigenvalue weighted by Gasteiger charge is -2.25. The average Bonchev–Trinajstić information content (AvgIpc) is 3.09. The van der Waals surface area contributed by atoms with Crippen LogP contribution in [0.4, 0.5) is 0 Å². The van der Waals surface area contributed by atoms with E-state index in [2.05, 4.69) is 11.1 Å². The number of nitrogens with zero attached hydrogens (tertiary/aromatic N) is 2. The molecule has 1 aromatic carbocycles. The summed E-state index contributed by atoms with van der Waals surface area (Å²) >= 11 is 0. The first-order valence-corrected chi connectivity index (χ1v) is 8.22. The van der Waals surface area contributed by atoms with Gasteiger partial charge in [-0.2, -0.15) is 0 Å². The van der Waals surface area contributed by atoms with Crippen molar-refractivity contribution in [3.8, 4) is 5.75 Å². The molecule has 1 atom stereocenters. The van der Waals surface area contributed by atoms with Crippen LogP contribution in [0.25, 0.3) is 0 Å². The normalized spacial score (nSPS) is 16.7. The van der Waals surface area contributed by atoms with Gasteiger partial charge in [0.1, 0.15) is 5.75 Å². The SMILES string of the molecule is Cc1cncc(C2CCCN2C(=O)c2ccc(OCC(=O)O)cc2)c1. The number of amides is 1. The molecule has 3 rings (SSSR count). The van der Waals surface area contributed by atoms with Crippen LogP contribution in [-0.4, -0.2) is 40.0 Å². The fourth-order valence-corrected chi connectivity index (χ4v) is 3.12. The van der Waals surface area contributed by atoms with Gasteiger partial charge in [-0.05, 0) is 55.2 Å². The molecule has 0 saturated carbocycles. The Morgan fingerprint density at radius 2 is 2.04 bits per heavy atom. The molecule has 0 radical (unpaired) electrons. The monoisotopic (exact) mass is 340 g/mol. The molecule has 1 aliphatic heterocycles. The molecule has 0 aliphatic carbocycles. The van der Waals surface area contributed by atoms with Crippen molar-refractivity contribution in [1.82, 2.24) is 9.88 Å². The van der Waals surface area contributed by atoms with Gasteiger partial charge in [0.05, 0.1) is 6.04 Å². The third-order valence-electron chi connectivity index (χ3n) is 4.26. The van der Waals surface area contributed by atoms with Crippen molar-refractivity contribution < 1.29 is 19.4 Å². The Labute approximate surface area is 146 Å². The molecule has 6 heteroatoms. The fourth-order valence-electron chi connectivity index (χ4n) is 3.12. The molecule has 25 heavy (non-hydrogen) atoms. The van der Waals surface area contributed by atoms with Gasteiger partial charge in [-0.25, -0.2) is 4.79 Å². The summed E-state index contributed by atoms with van der Waals surface area (Å²) in [6.45, 7) is 2.31. The van der Waals surface area contributed by atoms with Crippen LogP contribution in [0.15, 0.2) is 42.7 Å². The Bertz CT molecular complexity index is 773. The maximum absolute atomic E-state index is 12.9. The van der Waals surface area contributed by atoms with Crippen LogP contribution in [0.2, 0.25) is 0 Å². The largest absolute Gasteiger partial charge is 0.482 e. The van der Waals surface area contributed by atoms with Crippen molar-refractivity contribution in [2.45, 2.75) is 25.8 Å². The number of likely N-dealkylation sites (tertiary alicyclic amines) is 1. The first-order chi connectivity index (χ1) is 12.0. The van der Waals surface area contributed by atoms with Crippen LogP contribution in [0, 0.1) is 6.92 Å². The summed E-state index contributed by atoms with van der Waals surface area (Å²) < 4.78 is 5.10. The van der Waals surface area contributed by atoms with Gasteiger partial charge in [-0.3, -0.25) is 9.78 Å². The first-order valence-electron chi connectivity index (χ1n) is 8.22. The van der Waals surface area contributed by atoms with E-state index in [0.29, 0.717) is 17.9 Å². The maximum atomic E-state index is 12.9. The highest BCUT2D eigenvalue weighted by Crippen LogP contribution is 2.33. The number of hydrogen-bond donors (Lipinski definition) is 1. The molecule has 1 unspecified atom stereocenters. The van der Waals surface area contributed by atoms with Crippen LogP contribution >= 0.6 is 0 Å². The second-order valence-electron chi connectivity index (χ2n) is 6.16. The third kappa shape index (κ3) is 3.96. The van der Waals surface area contributed by atoms with E-state index >= 15 is 0 Å². The lowest BCUT2D eigenvalue weighted by molar-refractivity contribution is -0.139. The number of carboxylic acid groups (broad SMARTS) is 1. The van der Waals surface area contributed by atoms with Crippen molar-refractivity contribution in [2.24, 2.45) is 0 Å². The first kappa shape index (κ1) is 17.0. The number of pyridine rings is 1. The molecular formula is C19H20N2O4. The molecule has 2 heterocycles. The van der Waals surface area contributed by atoms with Crippen LogP contribution in [0.3, 0.4) is 0 Å². The summed E-state index contributed by atoms with van der Waals surface area (Å²) in [5, 5.41) is 8.63. The van der Waals surface area contributed by atoms with Crippen LogP contribution in [0.1, 0.15) is 40.4 Å². The zero-order valence-electron chi connectivity index (χ0n) is 14.0. The van der Waals surface area contributed by atoms with Gasteiger partial charge in [0, 0.05) is 24.5 Å². The number of carboxylic acids is 1. The van der Waals surface area contributed by atoms with Crippen molar-refractivity contribution in [1.29, 1.82) is 0 Å². The summed E-state index contributed by atoms with van der Waals surface area (Å²) in [7, 11) is 0. The van der Waals surface area contributed by atoms with Crippen LogP contribution < -0.4 is 4.74 Å². The maximum Gasteiger partial charge on any atom is 0.341 e. The predicted octanol–water partition coefficient (Wildman–Crippen LogP) is 2.83. The van der Waals surface area contributed by atoms with Gasteiger partial charge in [-0.15, -0.1) is 0 Å². The van der Waals surface area contributed by atoms with E-state index < -0.39 is 12.6 Å². The van der Waals surface area contributed by atoms with Gasteiger partial charge in [0.15, 0.2) is 6.61 Å². The van der Waals surface area contributed by atoms with E-state index in [-0.39, 0.29) is 11.9 Å². The van der Waals surface area contributed by atoms with E-state index in [9.17, 15) is 9.59 Å². The van der Waals surface area contributed by atoms with E-state index in [1.54, 1.807) is 30.5 Å². The number of rotatable bonds is 5. The average molecular weight is 340 g/mol. The van der Waals surface area contributed by atoms with Crippen molar-refractivity contribution in [3.05, 3.63) is 59.4 Å². The topological polar surface area (TPSA) is 79.7 Å². The molecule has 130 valence electrons. The summed E-state index contributed by atoms with van der Waals surface area (Å²) in [4.78, 5) is 29.5. The number of aliphatic carboxylic acids is 1.